The molecule has 1 rings (SSSR count). The Balaban J connectivity index is 0.00000137. The van der Waals surface area contributed by atoms with E-state index in [4.69, 9.17) is 4.74 Å². The highest BCUT2D eigenvalue weighted by Crippen LogP contribution is 2.11. The van der Waals surface area contributed by atoms with Crippen molar-refractivity contribution in [2.45, 2.75) is 47.1 Å². The van der Waals surface area contributed by atoms with Crippen molar-refractivity contribution in [2.75, 3.05) is 6.61 Å². The number of hydrogen-bond acceptors (Lipinski definition) is 3. The van der Waals surface area contributed by atoms with Crippen molar-refractivity contribution in [2.24, 2.45) is 0 Å². The minimum Gasteiger partial charge on any atom is -0.465 e. The first kappa shape index (κ1) is 16.4. The SMILES string of the molecule is CC.CCOC(=O)Cn1c(C(C)C)cccc1=O. The predicted octanol–water partition coefficient (Wildman–Crippen LogP) is 2.56. The van der Waals surface area contributed by atoms with Crippen molar-refractivity contribution in [3.8, 4) is 0 Å². The van der Waals surface area contributed by atoms with Gasteiger partial charge in [-0.2, -0.15) is 0 Å². The van der Waals surface area contributed by atoms with Crippen LogP contribution in [0.2, 0.25) is 0 Å². The first-order valence-corrected chi connectivity index (χ1v) is 6.41. The molecule has 0 amide bonds. The van der Waals surface area contributed by atoms with Crippen molar-refractivity contribution in [1.82, 2.24) is 4.57 Å². The number of ether oxygens (including phenoxy) is 1. The fourth-order valence-corrected chi connectivity index (χ4v) is 1.55. The molecule has 0 unspecified atom stereocenters. The molecule has 0 saturated carbocycles. The Kier molecular flexibility index (Phi) is 7.76. The van der Waals surface area contributed by atoms with Crippen LogP contribution >= 0.6 is 0 Å². The fourth-order valence-electron chi connectivity index (χ4n) is 1.55. The Morgan fingerprint density at radius 1 is 1.33 bits per heavy atom. The summed E-state index contributed by atoms with van der Waals surface area (Å²) >= 11 is 0. The molecule has 102 valence electrons. The number of aromatic nitrogens is 1. The number of carbonyl (C=O) groups is 1. The fraction of sp³-hybridized carbons (Fsp3) is 0.571. The van der Waals surface area contributed by atoms with E-state index in [1.807, 2.05) is 33.8 Å². The molecule has 0 radical (unpaired) electrons. The zero-order valence-electron chi connectivity index (χ0n) is 11.9. The normalized spacial score (nSPS) is 9.67. The van der Waals surface area contributed by atoms with Crippen LogP contribution in [0.1, 0.15) is 46.2 Å². The van der Waals surface area contributed by atoms with Gasteiger partial charge in [0.25, 0.3) is 5.56 Å². The minimum atomic E-state index is -0.377. The van der Waals surface area contributed by atoms with Gasteiger partial charge in [0.15, 0.2) is 0 Å². The van der Waals surface area contributed by atoms with Crippen LogP contribution in [0, 0.1) is 0 Å². The lowest BCUT2D eigenvalue weighted by Gasteiger charge is -2.14. The molecule has 0 aliphatic rings. The zero-order valence-corrected chi connectivity index (χ0v) is 11.9. The second kappa shape index (κ2) is 8.50. The van der Waals surface area contributed by atoms with Gasteiger partial charge in [-0.3, -0.25) is 9.59 Å². The van der Waals surface area contributed by atoms with Crippen molar-refractivity contribution in [3.05, 3.63) is 34.2 Å². The molecule has 0 bridgehead atoms. The quantitative estimate of drug-likeness (QED) is 0.775. The van der Waals surface area contributed by atoms with Crippen LogP contribution in [0.3, 0.4) is 0 Å². The van der Waals surface area contributed by atoms with Gasteiger partial charge in [-0.1, -0.05) is 33.8 Å². The molecular weight excluding hydrogens is 230 g/mol. The number of pyridine rings is 1. The van der Waals surface area contributed by atoms with E-state index in [9.17, 15) is 9.59 Å². The number of nitrogens with zero attached hydrogens (tertiary/aromatic N) is 1. The van der Waals surface area contributed by atoms with Crippen LogP contribution in [0.25, 0.3) is 0 Å². The highest BCUT2D eigenvalue weighted by atomic mass is 16.5. The molecule has 0 aliphatic carbocycles. The van der Waals surface area contributed by atoms with Gasteiger partial charge in [0, 0.05) is 11.8 Å². The molecule has 0 aromatic carbocycles. The lowest BCUT2D eigenvalue weighted by Crippen LogP contribution is -2.27. The molecule has 0 spiro atoms. The lowest BCUT2D eigenvalue weighted by atomic mass is 10.1. The lowest BCUT2D eigenvalue weighted by molar-refractivity contribution is -0.143. The highest BCUT2D eigenvalue weighted by molar-refractivity contribution is 5.69. The van der Waals surface area contributed by atoms with E-state index in [1.165, 1.54) is 10.6 Å². The van der Waals surface area contributed by atoms with Crippen LogP contribution in [-0.2, 0) is 16.1 Å². The molecule has 0 fully saturated rings. The molecule has 4 nitrogen and oxygen atoms in total. The summed E-state index contributed by atoms with van der Waals surface area (Å²) in [5, 5.41) is 0. The topological polar surface area (TPSA) is 48.3 Å². The third kappa shape index (κ3) is 4.73. The van der Waals surface area contributed by atoms with Crippen LogP contribution in [0.15, 0.2) is 23.0 Å². The van der Waals surface area contributed by atoms with Gasteiger partial charge in [0.1, 0.15) is 6.54 Å². The summed E-state index contributed by atoms with van der Waals surface area (Å²) in [6, 6.07) is 5.01. The van der Waals surface area contributed by atoms with Gasteiger partial charge in [0.05, 0.1) is 6.61 Å². The van der Waals surface area contributed by atoms with Gasteiger partial charge >= 0.3 is 5.97 Å². The van der Waals surface area contributed by atoms with Crippen LogP contribution in [0.4, 0.5) is 0 Å². The third-order valence-electron chi connectivity index (χ3n) is 2.27. The summed E-state index contributed by atoms with van der Waals surface area (Å²) in [6.45, 7) is 10.0. The molecule has 0 saturated heterocycles. The van der Waals surface area contributed by atoms with Crippen molar-refractivity contribution >= 4 is 5.97 Å². The number of esters is 1. The van der Waals surface area contributed by atoms with Crippen LogP contribution < -0.4 is 5.56 Å². The van der Waals surface area contributed by atoms with E-state index < -0.39 is 0 Å². The first-order chi connectivity index (χ1) is 8.56. The molecule has 0 aliphatic heterocycles. The molecular formula is C14H23NO3. The smallest absolute Gasteiger partial charge is 0.326 e. The molecule has 1 aromatic heterocycles. The van der Waals surface area contributed by atoms with E-state index in [0.717, 1.165) is 5.69 Å². The first-order valence-electron chi connectivity index (χ1n) is 6.41. The second-order valence-corrected chi connectivity index (χ2v) is 3.83. The highest BCUT2D eigenvalue weighted by Gasteiger charge is 2.11. The van der Waals surface area contributed by atoms with E-state index in [-0.39, 0.29) is 24.0 Å². The maximum Gasteiger partial charge on any atom is 0.326 e. The van der Waals surface area contributed by atoms with Gasteiger partial charge < -0.3 is 9.30 Å². The van der Waals surface area contributed by atoms with E-state index in [2.05, 4.69) is 0 Å². The average Bonchev–Trinajstić information content (AvgIpc) is 2.34. The van der Waals surface area contributed by atoms with Gasteiger partial charge in [-0.05, 0) is 18.9 Å². The number of hydrogen-bond donors (Lipinski definition) is 0. The average molecular weight is 253 g/mol. The number of rotatable bonds is 4. The molecule has 1 heterocycles. The summed E-state index contributed by atoms with van der Waals surface area (Å²) in [4.78, 5) is 23.0. The monoisotopic (exact) mass is 253 g/mol. The summed E-state index contributed by atoms with van der Waals surface area (Å²) in [5.74, 6) is -0.180. The van der Waals surface area contributed by atoms with Crippen molar-refractivity contribution in [3.63, 3.8) is 0 Å². The summed E-state index contributed by atoms with van der Waals surface area (Å²) in [6.07, 6.45) is 0. The Labute approximate surface area is 109 Å². The maximum atomic E-state index is 11.6. The summed E-state index contributed by atoms with van der Waals surface area (Å²) in [7, 11) is 0. The summed E-state index contributed by atoms with van der Waals surface area (Å²) < 4.78 is 6.30. The minimum absolute atomic E-state index is 0.0129. The maximum absolute atomic E-state index is 11.6. The Bertz CT molecular complexity index is 421. The Morgan fingerprint density at radius 2 is 1.94 bits per heavy atom. The van der Waals surface area contributed by atoms with Gasteiger partial charge in [-0.15, -0.1) is 0 Å². The second-order valence-electron chi connectivity index (χ2n) is 3.83. The molecule has 18 heavy (non-hydrogen) atoms. The molecule has 4 heteroatoms. The van der Waals surface area contributed by atoms with E-state index in [0.29, 0.717) is 6.61 Å². The zero-order chi connectivity index (χ0) is 14.1. The molecule has 1 aromatic rings. The van der Waals surface area contributed by atoms with Crippen LogP contribution in [-0.4, -0.2) is 17.1 Å². The van der Waals surface area contributed by atoms with E-state index in [1.54, 1.807) is 13.0 Å². The predicted molar refractivity (Wildman–Crippen MR) is 72.8 cm³/mol. The van der Waals surface area contributed by atoms with E-state index >= 15 is 0 Å². The standard InChI is InChI=1S/C12H17NO3.C2H6/c1-4-16-12(15)8-13-10(9(2)3)6-5-7-11(13)14;1-2/h5-7,9H,4,8H2,1-3H3;1-2H3. The van der Waals surface area contributed by atoms with Crippen LogP contribution in [0.5, 0.6) is 0 Å². The van der Waals surface area contributed by atoms with Crippen molar-refractivity contribution in [1.29, 1.82) is 0 Å². The third-order valence-corrected chi connectivity index (χ3v) is 2.27. The number of carbonyl (C=O) groups excluding carboxylic acids is 1. The Morgan fingerprint density at radius 3 is 2.44 bits per heavy atom. The Hall–Kier alpha value is -1.58. The molecule has 0 atom stereocenters. The molecule has 0 N–H and O–H groups in total. The van der Waals surface area contributed by atoms with Gasteiger partial charge in [0.2, 0.25) is 0 Å². The van der Waals surface area contributed by atoms with Crippen molar-refractivity contribution < 1.29 is 9.53 Å². The largest absolute Gasteiger partial charge is 0.465 e. The van der Waals surface area contributed by atoms with Gasteiger partial charge in [-0.25, -0.2) is 0 Å². The summed E-state index contributed by atoms with van der Waals surface area (Å²) in [5.41, 5.74) is 0.680.